The van der Waals surface area contributed by atoms with Gasteiger partial charge in [0.25, 0.3) is 0 Å². The minimum Gasteiger partial charge on any atom is -0.457 e. The van der Waals surface area contributed by atoms with Gasteiger partial charge in [-0.15, -0.1) is 0 Å². The molecule has 0 bridgehead atoms. The Labute approximate surface area is 211 Å². The van der Waals surface area contributed by atoms with Crippen molar-refractivity contribution >= 4 is 33.2 Å². The third kappa shape index (κ3) is 5.99. The summed E-state index contributed by atoms with van der Waals surface area (Å²) in [6, 6.07) is 21.0. The Kier molecular flexibility index (Phi) is 7.52. The zero-order chi connectivity index (χ0) is 25.7. The average molecular weight is 529 g/mol. The summed E-state index contributed by atoms with van der Waals surface area (Å²) in [6.07, 6.45) is 0. The van der Waals surface area contributed by atoms with Gasteiger partial charge in [-0.1, -0.05) is 23.7 Å². The fraction of sp³-hybridized carbons (Fsp3) is 0.0385. The molecule has 10 heteroatoms. The fourth-order valence-corrected chi connectivity index (χ4v) is 4.64. The first-order valence-corrected chi connectivity index (χ1v) is 12.4. The van der Waals surface area contributed by atoms with Gasteiger partial charge in [-0.2, -0.15) is 0 Å². The second-order valence-electron chi connectivity index (χ2n) is 7.57. The Balaban J connectivity index is 1.39. The van der Waals surface area contributed by atoms with Crippen LogP contribution in [-0.4, -0.2) is 14.4 Å². The molecule has 6 nitrogen and oxygen atoms in total. The largest absolute Gasteiger partial charge is 0.457 e. The van der Waals surface area contributed by atoms with Crippen LogP contribution in [0.2, 0.25) is 5.02 Å². The zero-order valence-corrected chi connectivity index (χ0v) is 20.1. The molecule has 0 fully saturated rings. The van der Waals surface area contributed by atoms with Crippen LogP contribution in [0.5, 0.6) is 11.5 Å². The number of benzene rings is 4. The maximum absolute atomic E-state index is 13.7. The predicted molar refractivity (Wildman–Crippen MR) is 132 cm³/mol. The highest BCUT2D eigenvalue weighted by Crippen LogP contribution is 2.28. The van der Waals surface area contributed by atoms with Crippen molar-refractivity contribution in [3.63, 3.8) is 0 Å². The number of amides is 2. The molecule has 0 aromatic heterocycles. The van der Waals surface area contributed by atoms with E-state index in [2.05, 4.69) is 10.6 Å². The summed E-state index contributed by atoms with van der Waals surface area (Å²) < 4.78 is 58.7. The molecule has 0 aliphatic heterocycles. The number of hydrogen-bond acceptors (Lipinski definition) is 4. The van der Waals surface area contributed by atoms with Crippen LogP contribution < -0.4 is 15.4 Å². The summed E-state index contributed by atoms with van der Waals surface area (Å²) in [5, 5.41) is 5.40. The van der Waals surface area contributed by atoms with Crippen molar-refractivity contribution < 1.29 is 26.7 Å². The monoisotopic (exact) mass is 528 g/mol. The number of carbonyl (C=O) groups is 1. The lowest BCUT2D eigenvalue weighted by Gasteiger charge is -2.11. The number of sulfone groups is 1. The number of halogens is 3. The molecule has 2 N–H and O–H groups in total. The van der Waals surface area contributed by atoms with E-state index in [1.54, 1.807) is 24.3 Å². The first-order valence-electron chi connectivity index (χ1n) is 10.6. The van der Waals surface area contributed by atoms with E-state index >= 15 is 0 Å². The van der Waals surface area contributed by atoms with Crippen LogP contribution in [0.4, 0.5) is 19.3 Å². The van der Waals surface area contributed by atoms with Gasteiger partial charge in [0.15, 0.2) is 0 Å². The topological polar surface area (TPSA) is 84.5 Å². The lowest BCUT2D eigenvalue weighted by molar-refractivity contribution is 0.251. The Morgan fingerprint density at radius 3 is 2.03 bits per heavy atom. The Morgan fingerprint density at radius 1 is 0.806 bits per heavy atom. The summed E-state index contributed by atoms with van der Waals surface area (Å²) in [7, 11) is -3.71. The first-order chi connectivity index (χ1) is 17.2. The Morgan fingerprint density at radius 2 is 1.39 bits per heavy atom. The SMILES string of the molecule is O=C(NCc1c(F)cccc1F)Nc1cccc(Oc2ccc(S(=O)(=O)c3ccc(Cl)cc3)cc2)c1. The third-order valence-corrected chi connectivity index (χ3v) is 7.11. The second-order valence-corrected chi connectivity index (χ2v) is 9.95. The molecule has 0 aliphatic carbocycles. The highest BCUT2D eigenvalue weighted by Gasteiger charge is 2.17. The first kappa shape index (κ1) is 25.2. The van der Waals surface area contributed by atoms with Crippen LogP contribution in [0.15, 0.2) is 101 Å². The van der Waals surface area contributed by atoms with Crippen molar-refractivity contribution in [3.05, 3.63) is 113 Å². The normalized spacial score (nSPS) is 11.1. The smallest absolute Gasteiger partial charge is 0.319 e. The van der Waals surface area contributed by atoms with E-state index in [9.17, 15) is 22.0 Å². The summed E-state index contributed by atoms with van der Waals surface area (Å²) in [5.41, 5.74) is 0.132. The van der Waals surface area contributed by atoms with Crippen molar-refractivity contribution in [2.45, 2.75) is 16.3 Å². The molecule has 0 radical (unpaired) electrons. The van der Waals surface area contributed by atoms with Gasteiger partial charge in [0.1, 0.15) is 23.1 Å². The van der Waals surface area contributed by atoms with E-state index in [1.807, 2.05) is 0 Å². The Bertz CT molecular complexity index is 1480. The van der Waals surface area contributed by atoms with Crippen molar-refractivity contribution in [2.24, 2.45) is 0 Å². The van der Waals surface area contributed by atoms with Crippen LogP contribution in [-0.2, 0) is 16.4 Å². The number of hydrogen-bond donors (Lipinski definition) is 2. The summed E-state index contributed by atoms with van der Waals surface area (Å²) >= 11 is 5.83. The van der Waals surface area contributed by atoms with Gasteiger partial charge in [-0.05, 0) is 72.8 Å². The quantitative estimate of drug-likeness (QED) is 0.284. The number of urea groups is 1. The molecule has 36 heavy (non-hydrogen) atoms. The van der Waals surface area contributed by atoms with E-state index in [1.165, 1.54) is 54.6 Å². The molecule has 184 valence electrons. The van der Waals surface area contributed by atoms with Crippen LogP contribution >= 0.6 is 11.6 Å². The second kappa shape index (κ2) is 10.8. The number of carbonyl (C=O) groups excluding carboxylic acids is 1. The maximum Gasteiger partial charge on any atom is 0.319 e. The van der Waals surface area contributed by atoms with Crippen molar-refractivity contribution in [3.8, 4) is 11.5 Å². The number of rotatable bonds is 7. The van der Waals surface area contributed by atoms with Crippen LogP contribution in [0.1, 0.15) is 5.56 Å². The van der Waals surface area contributed by atoms with E-state index in [-0.39, 0.29) is 21.9 Å². The molecular weight excluding hydrogens is 510 g/mol. The van der Waals surface area contributed by atoms with Crippen molar-refractivity contribution in [2.75, 3.05) is 5.32 Å². The van der Waals surface area contributed by atoms with Gasteiger partial charge in [0.05, 0.1) is 16.3 Å². The van der Waals surface area contributed by atoms with Crippen LogP contribution in [0.25, 0.3) is 0 Å². The van der Waals surface area contributed by atoms with Gasteiger partial charge < -0.3 is 15.4 Å². The predicted octanol–water partition coefficient (Wildman–Crippen LogP) is 6.57. The number of nitrogens with one attached hydrogen (secondary N) is 2. The lowest BCUT2D eigenvalue weighted by atomic mass is 10.2. The van der Waals surface area contributed by atoms with Crippen LogP contribution in [0.3, 0.4) is 0 Å². The highest BCUT2D eigenvalue weighted by atomic mass is 35.5. The molecule has 4 rings (SSSR count). The molecular formula is C26H19ClF2N2O4S. The molecule has 0 unspecified atom stereocenters. The zero-order valence-electron chi connectivity index (χ0n) is 18.5. The number of ether oxygens (including phenoxy) is 1. The van der Waals surface area contributed by atoms with Crippen molar-refractivity contribution in [1.29, 1.82) is 0 Å². The molecule has 2 amide bonds. The van der Waals surface area contributed by atoms with Crippen molar-refractivity contribution in [1.82, 2.24) is 5.32 Å². The van der Waals surface area contributed by atoms with Gasteiger partial charge >= 0.3 is 6.03 Å². The van der Waals surface area contributed by atoms with Crippen LogP contribution in [0, 0.1) is 11.6 Å². The molecule has 4 aromatic rings. The van der Waals surface area contributed by atoms with Gasteiger partial charge in [-0.3, -0.25) is 0 Å². The lowest BCUT2D eigenvalue weighted by Crippen LogP contribution is -2.28. The molecule has 0 atom stereocenters. The van der Waals surface area contributed by atoms with E-state index in [0.29, 0.717) is 22.2 Å². The molecule has 0 aliphatic rings. The maximum atomic E-state index is 13.7. The van der Waals surface area contributed by atoms with E-state index in [0.717, 1.165) is 12.1 Å². The summed E-state index contributed by atoms with van der Waals surface area (Å²) in [5.74, 6) is -0.752. The van der Waals surface area contributed by atoms with Gasteiger partial charge in [0.2, 0.25) is 9.84 Å². The Hall–Kier alpha value is -3.95. The fourth-order valence-electron chi connectivity index (χ4n) is 3.26. The minimum absolute atomic E-state index is 0.0931. The average Bonchev–Trinajstić information content (AvgIpc) is 2.84. The van der Waals surface area contributed by atoms with Gasteiger partial charge in [-0.25, -0.2) is 22.0 Å². The van der Waals surface area contributed by atoms with E-state index < -0.39 is 27.5 Å². The molecule has 0 heterocycles. The van der Waals surface area contributed by atoms with E-state index in [4.69, 9.17) is 16.3 Å². The molecule has 0 spiro atoms. The highest BCUT2D eigenvalue weighted by molar-refractivity contribution is 7.91. The summed E-state index contributed by atoms with van der Waals surface area (Å²) in [6.45, 7) is -0.328. The molecule has 4 aromatic carbocycles. The third-order valence-electron chi connectivity index (χ3n) is 5.07. The van der Waals surface area contributed by atoms with Gasteiger partial charge in [0, 0.05) is 22.3 Å². The molecule has 0 saturated heterocycles. The number of anilines is 1. The minimum atomic E-state index is -3.71. The molecule has 0 saturated carbocycles. The standard InChI is InChI=1S/C26H19ClF2N2O4S/c27-17-7-11-21(12-8-17)36(33,34)22-13-9-19(10-14-22)35-20-4-1-3-18(15-20)31-26(32)30-16-23-24(28)5-2-6-25(23)29/h1-15H,16H2,(H2,30,31,32). The summed E-state index contributed by atoms with van der Waals surface area (Å²) in [4.78, 5) is 12.4.